The lowest BCUT2D eigenvalue weighted by molar-refractivity contribution is 0.0952. The summed E-state index contributed by atoms with van der Waals surface area (Å²) >= 11 is 0. The molecule has 1 aliphatic rings. The first-order valence-corrected chi connectivity index (χ1v) is 10.8. The minimum absolute atomic E-state index is 0.0604. The zero-order chi connectivity index (χ0) is 18.3. The van der Waals surface area contributed by atoms with Gasteiger partial charge < -0.3 is 5.32 Å². The molecular weight excluding hydrogens is 336 g/mol. The summed E-state index contributed by atoms with van der Waals surface area (Å²) in [5.41, 5.74) is 0.405. The first-order chi connectivity index (χ1) is 12.0. The van der Waals surface area contributed by atoms with Gasteiger partial charge in [-0.15, -0.1) is 0 Å². The maximum Gasteiger partial charge on any atom is 0.251 e. The number of benzene rings is 1. The van der Waals surface area contributed by atoms with Gasteiger partial charge in [-0.3, -0.25) is 4.79 Å². The standard InChI is InChI=1S/C19H30N2O3S/c1-3-5-7-13-20-19(22)16-10-9-12-18(15-16)25(23,24)21-14-8-6-11-17(21)4-2/h9-10,12,15,17H,3-8,11,13-14H2,1-2H3,(H,20,22). The van der Waals surface area contributed by atoms with Gasteiger partial charge in [0.1, 0.15) is 0 Å². The normalized spacial score (nSPS) is 18.9. The third-order valence-electron chi connectivity index (χ3n) is 4.81. The molecule has 5 nitrogen and oxygen atoms in total. The number of carbonyl (C=O) groups excluding carboxylic acids is 1. The molecular formula is C19H30N2O3S. The van der Waals surface area contributed by atoms with E-state index in [0.29, 0.717) is 18.7 Å². The fourth-order valence-corrected chi connectivity index (χ4v) is 5.12. The molecule has 0 aromatic heterocycles. The van der Waals surface area contributed by atoms with Gasteiger partial charge in [-0.05, 0) is 43.9 Å². The van der Waals surface area contributed by atoms with Gasteiger partial charge in [0.15, 0.2) is 0 Å². The number of piperidine rings is 1. The Bertz CT molecular complexity index is 673. The van der Waals surface area contributed by atoms with Crippen LogP contribution in [0.25, 0.3) is 0 Å². The zero-order valence-electron chi connectivity index (χ0n) is 15.3. The maximum atomic E-state index is 13.0. The molecule has 1 atom stereocenters. The van der Waals surface area contributed by atoms with E-state index in [1.165, 1.54) is 6.07 Å². The van der Waals surface area contributed by atoms with E-state index >= 15 is 0 Å². The first kappa shape index (κ1) is 19.9. The zero-order valence-corrected chi connectivity index (χ0v) is 16.1. The molecule has 1 unspecified atom stereocenters. The van der Waals surface area contributed by atoms with Crippen LogP contribution in [0.15, 0.2) is 29.2 Å². The molecule has 140 valence electrons. The lowest BCUT2D eigenvalue weighted by atomic mass is 10.0. The summed E-state index contributed by atoms with van der Waals surface area (Å²) in [4.78, 5) is 12.5. The molecule has 0 saturated carbocycles. The molecule has 1 aromatic carbocycles. The molecule has 1 heterocycles. The van der Waals surface area contributed by atoms with Gasteiger partial charge in [0, 0.05) is 24.7 Å². The molecule has 1 aromatic rings. The quantitative estimate of drug-likeness (QED) is 0.715. The van der Waals surface area contributed by atoms with Crippen molar-refractivity contribution in [3.05, 3.63) is 29.8 Å². The van der Waals surface area contributed by atoms with Crippen LogP contribution in [0.3, 0.4) is 0 Å². The van der Waals surface area contributed by atoms with E-state index in [9.17, 15) is 13.2 Å². The number of nitrogens with zero attached hydrogens (tertiary/aromatic N) is 1. The van der Waals surface area contributed by atoms with Crippen LogP contribution < -0.4 is 5.32 Å². The van der Waals surface area contributed by atoms with E-state index < -0.39 is 10.0 Å². The van der Waals surface area contributed by atoms with E-state index in [0.717, 1.165) is 44.9 Å². The monoisotopic (exact) mass is 366 g/mol. The van der Waals surface area contributed by atoms with Gasteiger partial charge in [0.25, 0.3) is 5.91 Å². The number of hydrogen-bond donors (Lipinski definition) is 1. The van der Waals surface area contributed by atoms with Crippen LogP contribution in [0.4, 0.5) is 0 Å². The number of hydrogen-bond acceptors (Lipinski definition) is 3. The molecule has 1 fully saturated rings. The van der Waals surface area contributed by atoms with Crippen LogP contribution in [0.1, 0.15) is 69.2 Å². The van der Waals surface area contributed by atoms with Crippen LogP contribution in [0.2, 0.25) is 0 Å². The summed E-state index contributed by atoms with van der Waals surface area (Å²) in [6.45, 7) is 5.32. The SMILES string of the molecule is CCCCCNC(=O)c1cccc(S(=O)(=O)N2CCCCC2CC)c1. The molecule has 0 bridgehead atoms. The van der Waals surface area contributed by atoms with Crippen LogP contribution in [0, 0.1) is 0 Å². The Balaban J connectivity index is 2.15. The number of unbranched alkanes of at least 4 members (excludes halogenated alkanes) is 2. The predicted molar refractivity (Wildman–Crippen MR) is 100 cm³/mol. The molecule has 0 aliphatic carbocycles. The molecule has 1 aliphatic heterocycles. The third-order valence-corrected chi connectivity index (χ3v) is 6.76. The number of sulfonamides is 1. The maximum absolute atomic E-state index is 13.0. The molecule has 25 heavy (non-hydrogen) atoms. The van der Waals surface area contributed by atoms with E-state index in [1.54, 1.807) is 22.5 Å². The van der Waals surface area contributed by atoms with Gasteiger partial charge in [-0.25, -0.2) is 8.42 Å². The largest absolute Gasteiger partial charge is 0.352 e. The van der Waals surface area contributed by atoms with Crippen LogP contribution >= 0.6 is 0 Å². The van der Waals surface area contributed by atoms with Crippen molar-refractivity contribution < 1.29 is 13.2 Å². The fraction of sp³-hybridized carbons (Fsp3) is 0.632. The Hall–Kier alpha value is -1.40. The smallest absolute Gasteiger partial charge is 0.251 e. The van der Waals surface area contributed by atoms with Crippen molar-refractivity contribution in [3.8, 4) is 0 Å². The van der Waals surface area contributed by atoms with Gasteiger partial charge >= 0.3 is 0 Å². The van der Waals surface area contributed by atoms with Gasteiger partial charge in [-0.2, -0.15) is 4.31 Å². The number of carbonyl (C=O) groups is 1. The van der Waals surface area contributed by atoms with Crippen molar-refractivity contribution >= 4 is 15.9 Å². The Labute approximate surface area is 151 Å². The van der Waals surface area contributed by atoms with Crippen molar-refractivity contribution in [3.63, 3.8) is 0 Å². The summed E-state index contributed by atoms with van der Waals surface area (Å²) in [6.07, 6.45) is 6.80. The average Bonchev–Trinajstić information content (AvgIpc) is 2.65. The van der Waals surface area contributed by atoms with E-state index in [2.05, 4.69) is 12.2 Å². The van der Waals surface area contributed by atoms with Crippen molar-refractivity contribution in [1.82, 2.24) is 9.62 Å². The van der Waals surface area contributed by atoms with E-state index in [1.807, 2.05) is 6.92 Å². The number of amides is 1. The summed E-state index contributed by atoms with van der Waals surface area (Å²) in [6, 6.07) is 6.47. The van der Waals surface area contributed by atoms with Crippen molar-refractivity contribution in [1.29, 1.82) is 0 Å². The van der Waals surface area contributed by atoms with E-state index in [4.69, 9.17) is 0 Å². The second kappa shape index (κ2) is 9.34. The van der Waals surface area contributed by atoms with Crippen molar-refractivity contribution in [2.24, 2.45) is 0 Å². The van der Waals surface area contributed by atoms with Crippen LogP contribution in [-0.2, 0) is 10.0 Å². The summed E-state index contributed by atoms with van der Waals surface area (Å²) < 4.78 is 27.7. The highest BCUT2D eigenvalue weighted by atomic mass is 32.2. The molecule has 2 rings (SSSR count). The second-order valence-electron chi connectivity index (χ2n) is 6.66. The lowest BCUT2D eigenvalue weighted by Gasteiger charge is -2.34. The van der Waals surface area contributed by atoms with Crippen molar-refractivity contribution in [2.75, 3.05) is 13.1 Å². The molecule has 1 saturated heterocycles. The fourth-order valence-electron chi connectivity index (χ4n) is 3.31. The molecule has 0 spiro atoms. The molecule has 1 amide bonds. The Morgan fingerprint density at radius 3 is 2.76 bits per heavy atom. The highest BCUT2D eigenvalue weighted by Crippen LogP contribution is 2.27. The average molecular weight is 367 g/mol. The second-order valence-corrected chi connectivity index (χ2v) is 8.56. The Morgan fingerprint density at radius 2 is 2.04 bits per heavy atom. The number of nitrogens with one attached hydrogen (secondary N) is 1. The predicted octanol–water partition coefficient (Wildman–Crippen LogP) is 3.56. The van der Waals surface area contributed by atoms with E-state index in [-0.39, 0.29) is 16.8 Å². The lowest BCUT2D eigenvalue weighted by Crippen LogP contribution is -2.43. The summed E-state index contributed by atoms with van der Waals surface area (Å²) in [5, 5.41) is 2.86. The molecule has 0 radical (unpaired) electrons. The van der Waals surface area contributed by atoms with Crippen molar-refractivity contribution in [2.45, 2.75) is 69.7 Å². The highest BCUT2D eigenvalue weighted by Gasteiger charge is 2.32. The third kappa shape index (κ3) is 5.05. The Morgan fingerprint density at radius 1 is 1.24 bits per heavy atom. The molecule has 1 N–H and O–H groups in total. The topological polar surface area (TPSA) is 66.5 Å². The van der Waals surface area contributed by atoms with Crippen LogP contribution in [-0.4, -0.2) is 37.8 Å². The summed E-state index contributed by atoms with van der Waals surface area (Å²) in [5.74, 6) is -0.209. The van der Waals surface area contributed by atoms with Gasteiger partial charge in [0.2, 0.25) is 10.0 Å². The van der Waals surface area contributed by atoms with Gasteiger partial charge in [-0.1, -0.05) is 39.2 Å². The first-order valence-electron chi connectivity index (χ1n) is 9.40. The minimum Gasteiger partial charge on any atom is -0.352 e. The summed E-state index contributed by atoms with van der Waals surface area (Å²) in [7, 11) is -3.56. The number of rotatable bonds is 8. The molecule has 6 heteroatoms. The van der Waals surface area contributed by atoms with Gasteiger partial charge in [0.05, 0.1) is 4.90 Å². The van der Waals surface area contributed by atoms with Crippen LogP contribution in [0.5, 0.6) is 0 Å². The Kier molecular flexibility index (Phi) is 7.44. The minimum atomic E-state index is -3.56. The highest BCUT2D eigenvalue weighted by molar-refractivity contribution is 7.89.